The Kier molecular flexibility index (Phi) is 4.53. The lowest BCUT2D eigenvalue weighted by atomic mass is 10.1. The van der Waals surface area contributed by atoms with Crippen molar-refractivity contribution in [1.82, 2.24) is 14.9 Å². The average Bonchev–Trinajstić information content (AvgIpc) is 2.97. The molecule has 1 saturated heterocycles. The Morgan fingerprint density at radius 3 is 2.73 bits per heavy atom. The largest absolute Gasteiger partial charge is 0.494 e. The molecule has 0 N–H and O–H groups in total. The highest BCUT2D eigenvalue weighted by molar-refractivity contribution is 5.25. The van der Waals surface area contributed by atoms with Crippen LogP contribution in [0.4, 0.5) is 0 Å². The lowest BCUT2D eigenvalue weighted by Gasteiger charge is -2.17. The van der Waals surface area contributed by atoms with Gasteiger partial charge in [-0.25, -0.2) is 0 Å². The number of aromatic nitrogens is 2. The zero-order valence-electron chi connectivity index (χ0n) is 13.0. The maximum Gasteiger partial charge on any atom is 0.316 e. The molecule has 5 nitrogen and oxygen atoms in total. The van der Waals surface area contributed by atoms with E-state index >= 15 is 0 Å². The van der Waals surface area contributed by atoms with Crippen LogP contribution in [0.3, 0.4) is 0 Å². The van der Waals surface area contributed by atoms with Crippen molar-refractivity contribution >= 4 is 0 Å². The van der Waals surface area contributed by atoms with Crippen molar-refractivity contribution in [2.24, 2.45) is 0 Å². The zero-order chi connectivity index (χ0) is 15.4. The lowest BCUT2D eigenvalue weighted by molar-refractivity contribution is 0.183. The predicted molar refractivity (Wildman–Crippen MR) is 84.1 cm³/mol. The summed E-state index contributed by atoms with van der Waals surface area (Å²) in [5, 5.41) is 0. The van der Waals surface area contributed by atoms with Crippen LogP contribution in [0.5, 0.6) is 11.8 Å². The first kappa shape index (κ1) is 14.8. The molecule has 1 aliphatic heterocycles. The number of benzene rings is 1. The number of aryl methyl sites for hydroxylation is 1. The molecular formula is C17H21N3O2. The van der Waals surface area contributed by atoms with E-state index in [4.69, 9.17) is 9.47 Å². The van der Waals surface area contributed by atoms with Gasteiger partial charge < -0.3 is 9.47 Å². The first-order valence-corrected chi connectivity index (χ1v) is 7.54. The van der Waals surface area contributed by atoms with Gasteiger partial charge in [0.05, 0.1) is 19.5 Å². The van der Waals surface area contributed by atoms with E-state index in [0.29, 0.717) is 11.8 Å². The van der Waals surface area contributed by atoms with Gasteiger partial charge in [0.25, 0.3) is 0 Å². The molecule has 5 heteroatoms. The minimum absolute atomic E-state index is 0.150. The van der Waals surface area contributed by atoms with Crippen molar-refractivity contribution < 1.29 is 9.47 Å². The van der Waals surface area contributed by atoms with E-state index in [-0.39, 0.29) is 6.10 Å². The second-order valence-electron chi connectivity index (χ2n) is 5.60. The number of ether oxygens (including phenoxy) is 2. The molecule has 1 fully saturated rings. The molecule has 0 saturated carbocycles. The smallest absolute Gasteiger partial charge is 0.316 e. The molecule has 116 valence electrons. The summed E-state index contributed by atoms with van der Waals surface area (Å²) in [6.45, 7) is 5.07. The van der Waals surface area contributed by atoms with Gasteiger partial charge >= 0.3 is 6.01 Å². The Labute approximate surface area is 130 Å². The first-order chi connectivity index (χ1) is 10.7. The van der Waals surface area contributed by atoms with Gasteiger partial charge in [-0.2, -0.15) is 9.97 Å². The molecular weight excluding hydrogens is 278 g/mol. The molecule has 1 aromatic heterocycles. The molecule has 22 heavy (non-hydrogen) atoms. The van der Waals surface area contributed by atoms with E-state index < -0.39 is 0 Å². The second kappa shape index (κ2) is 6.75. The number of rotatable bonds is 5. The van der Waals surface area contributed by atoms with Gasteiger partial charge in [0.15, 0.2) is 5.75 Å². The van der Waals surface area contributed by atoms with E-state index in [1.807, 2.05) is 0 Å². The number of likely N-dealkylation sites (tertiary alicyclic amines) is 1. The summed E-state index contributed by atoms with van der Waals surface area (Å²) in [4.78, 5) is 10.7. The summed E-state index contributed by atoms with van der Waals surface area (Å²) in [6, 6.07) is 8.94. The highest BCUT2D eigenvalue weighted by Crippen LogP contribution is 2.19. The standard InChI is InChI=1S/C17H21N3O2/c1-13-5-3-4-6-14(13)11-20-8-7-15(12-20)22-17-18-9-16(21-2)10-19-17/h3-6,9-10,15H,7-8,11-12H2,1-2H3. The number of hydrogen-bond acceptors (Lipinski definition) is 5. The highest BCUT2D eigenvalue weighted by Gasteiger charge is 2.25. The fourth-order valence-electron chi connectivity index (χ4n) is 2.69. The van der Waals surface area contributed by atoms with Crippen LogP contribution in [0.2, 0.25) is 0 Å². The van der Waals surface area contributed by atoms with E-state index in [0.717, 1.165) is 26.1 Å². The van der Waals surface area contributed by atoms with E-state index in [2.05, 4.69) is 46.1 Å². The Morgan fingerprint density at radius 1 is 1.23 bits per heavy atom. The SMILES string of the molecule is COc1cnc(OC2CCN(Cc3ccccc3C)C2)nc1. The third-order valence-corrected chi connectivity index (χ3v) is 4.00. The Bertz CT molecular complexity index is 616. The Balaban J connectivity index is 1.54. The molecule has 0 radical (unpaired) electrons. The van der Waals surface area contributed by atoms with Crippen LogP contribution in [0, 0.1) is 6.92 Å². The van der Waals surface area contributed by atoms with Crippen LogP contribution in [0.15, 0.2) is 36.7 Å². The highest BCUT2D eigenvalue weighted by atomic mass is 16.5. The fourth-order valence-corrected chi connectivity index (χ4v) is 2.69. The minimum Gasteiger partial charge on any atom is -0.494 e. The summed E-state index contributed by atoms with van der Waals surface area (Å²) in [7, 11) is 1.60. The quantitative estimate of drug-likeness (QED) is 0.848. The summed E-state index contributed by atoms with van der Waals surface area (Å²) in [5.41, 5.74) is 2.72. The maximum atomic E-state index is 5.85. The monoisotopic (exact) mass is 299 g/mol. The zero-order valence-corrected chi connectivity index (χ0v) is 13.0. The van der Waals surface area contributed by atoms with Gasteiger partial charge in [0.2, 0.25) is 0 Å². The number of hydrogen-bond donors (Lipinski definition) is 0. The maximum absolute atomic E-state index is 5.85. The molecule has 3 rings (SSSR count). The van der Waals surface area contributed by atoms with Gasteiger partial charge in [-0.3, -0.25) is 4.90 Å². The van der Waals surface area contributed by atoms with Crippen molar-refractivity contribution in [1.29, 1.82) is 0 Å². The fraction of sp³-hybridized carbons (Fsp3) is 0.412. The predicted octanol–water partition coefficient (Wildman–Crippen LogP) is 2.45. The lowest BCUT2D eigenvalue weighted by Crippen LogP contribution is -2.25. The molecule has 0 amide bonds. The molecule has 1 aliphatic rings. The third kappa shape index (κ3) is 3.54. The molecule has 0 spiro atoms. The molecule has 2 heterocycles. The summed E-state index contributed by atoms with van der Waals surface area (Å²) < 4.78 is 10.9. The number of methoxy groups -OCH3 is 1. The van der Waals surface area contributed by atoms with Gasteiger partial charge in [0, 0.05) is 19.6 Å². The molecule has 2 aromatic rings. The van der Waals surface area contributed by atoms with Crippen molar-refractivity contribution in [3.63, 3.8) is 0 Å². The van der Waals surface area contributed by atoms with E-state index in [9.17, 15) is 0 Å². The molecule has 1 atom stereocenters. The van der Waals surface area contributed by atoms with Gasteiger partial charge in [-0.15, -0.1) is 0 Å². The van der Waals surface area contributed by atoms with Gasteiger partial charge in [-0.05, 0) is 24.5 Å². The minimum atomic E-state index is 0.150. The van der Waals surface area contributed by atoms with Crippen molar-refractivity contribution in [2.45, 2.75) is 26.0 Å². The average molecular weight is 299 g/mol. The molecule has 0 bridgehead atoms. The van der Waals surface area contributed by atoms with Crippen molar-refractivity contribution in [3.05, 3.63) is 47.8 Å². The van der Waals surface area contributed by atoms with Crippen LogP contribution in [-0.4, -0.2) is 41.2 Å². The van der Waals surface area contributed by atoms with Crippen molar-refractivity contribution in [3.8, 4) is 11.8 Å². The Morgan fingerprint density at radius 2 is 2.00 bits per heavy atom. The summed E-state index contributed by atoms with van der Waals surface area (Å²) in [6.07, 6.45) is 4.41. The molecule has 0 aliphatic carbocycles. The first-order valence-electron chi connectivity index (χ1n) is 7.54. The second-order valence-corrected chi connectivity index (χ2v) is 5.60. The van der Waals surface area contributed by atoms with E-state index in [1.54, 1.807) is 19.5 Å². The van der Waals surface area contributed by atoms with Crippen LogP contribution in [0.1, 0.15) is 17.5 Å². The van der Waals surface area contributed by atoms with Crippen LogP contribution < -0.4 is 9.47 Å². The molecule has 1 unspecified atom stereocenters. The van der Waals surface area contributed by atoms with Gasteiger partial charge in [0.1, 0.15) is 6.10 Å². The van der Waals surface area contributed by atoms with Crippen molar-refractivity contribution in [2.75, 3.05) is 20.2 Å². The molecule has 1 aromatic carbocycles. The third-order valence-electron chi connectivity index (χ3n) is 4.00. The van der Waals surface area contributed by atoms with Crippen LogP contribution in [-0.2, 0) is 6.54 Å². The normalized spacial score (nSPS) is 18.4. The Hall–Kier alpha value is -2.14. The van der Waals surface area contributed by atoms with Crippen LogP contribution >= 0.6 is 0 Å². The summed E-state index contributed by atoms with van der Waals surface area (Å²) >= 11 is 0. The van der Waals surface area contributed by atoms with Gasteiger partial charge in [-0.1, -0.05) is 24.3 Å². The van der Waals surface area contributed by atoms with Crippen LogP contribution in [0.25, 0.3) is 0 Å². The number of nitrogens with zero attached hydrogens (tertiary/aromatic N) is 3. The topological polar surface area (TPSA) is 47.5 Å². The summed E-state index contributed by atoms with van der Waals surface area (Å²) in [5.74, 6) is 0.639. The van der Waals surface area contributed by atoms with E-state index in [1.165, 1.54) is 11.1 Å².